The van der Waals surface area contributed by atoms with Crippen LogP contribution in [0.4, 0.5) is 13.2 Å². The highest BCUT2D eigenvalue weighted by molar-refractivity contribution is 5.50. The Labute approximate surface area is 88.1 Å². The van der Waals surface area contributed by atoms with E-state index in [4.69, 9.17) is 5.11 Å². The molecule has 1 rings (SSSR count). The molecule has 8 heteroatoms. The Morgan fingerprint density at radius 2 is 2.06 bits per heavy atom. The lowest BCUT2D eigenvalue weighted by Crippen LogP contribution is -2.18. The Balaban J connectivity index is 3.21. The Hall–Kier alpha value is -1.70. The number of hydrogen-bond acceptors (Lipinski definition) is 5. The molecule has 2 N–H and O–H groups in total. The minimum Gasteiger partial charge on any atom is -0.501 e. The van der Waals surface area contributed by atoms with Crippen LogP contribution in [0.15, 0.2) is 6.20 Å². The summed E-state index contributed by atoms with van der Waals surface area (Å²) in [4.78, 5) is 3.48. The van der Waals surface area contributed by atoms with Crippen molar-refractivity contribution < 1.29 is 32.9 Å². The molecule has 16 heavy (non-hydrogen) atoms. The Kier molecular flexibility index (Phi) is 3.43. The van der Waals surface area contributed by atoms with Gasteiger partial charge in [0.2, 0.25) is 5.75 Å². The smallest absolute Gasteiger partial charge is 0.501 e. The number of nitrogens with zero attached hydrogens (tertiary/aromatic N) is 1. The average molecular weight is 239 g/mol. The van der Waals surface area contributed by atoms with Crippen LogP contribution >= 0.6 is 0 Å². The molecule has 1 aromatic heterocycles. The molecule has 0 radical (unpaired) electrons. The maximum Gasteiger partial charge on any atom is 0.573 e. The number of aliphatic hydroxyl groups excluding tert-OH is 1. The first-order valence-electron chi connectivity index (χ1n) is 4.00. The fourth-order valence-corrected chi connectivity index (χ4v) is 0.997. The molecule has 0 aliphatic carbocycles. The third-order valence-corrected chi connectivity index (χ3v) is 1.63. The molecule has 90 valence electrons. The minimum atomic E-state index is -4.98. The molecule has 0 saturated carbocycles. The molecule has 0 bridgehead atoms. The van der Waals surface area contributed by atoms with E-state index in [1.54, 1.807) is 0 Å². The fraction of sp³-hybridized carbons (Fsp3) is 0.375. The molecule has 1 aromatic rings. The second-order valence-corrected chi connectivity index (χ2v) is 2.68. The zero-order valence-corrected chi connectivity index (χ0v) is 8.08. The summed E-state index contributed by atoms with van der Waals surface area (Å²) >= 11 is 0. The van der Waals surface area contributed by atoms with Crippen molar-refractivity contribution in [1.29, 1.82) is 0 Å². The van der Waals surface area contributed by atoms with Crippen LogP contribution in [0.5, 0.6) is 17.4 Å². The van der Waals surface area contributed by atoms with Gasteiger partial charge < -0.3 is 19.7 Å². The number of alkyl halides is 3. The van der Waals surface area contributed by atoms with Gasteiger partial charge in [-0.2, -0.15) is 0 Å². The van der Waals surface area contributed by atoms with Crippen LogP contribution in [0.2, 0.25) is 0 Å². The monoisotopic (exact) mass is 239 g/mol. The van der Waals surface area contributed by atoms with Gasteiger partial charge in [-0.05, 0) is 0 Å². The second-order valence-electron chi connectivity index (χ2n) is 2.68. The van der Waals surface area contributed by atoms with Crippen LogP contribution in [0, 0.1) is 0 Å². The third-order valence-electron chi connectivity index (χ3n) is 1.63. The summed E-state index contributed by atoms with van der Waals surface area (Å²) in [6.45, 7) is -0.754. The predicted molar refractivity (Wildman–Crippen MR) is 45.1 cm³/mol. The van der Waals surface area contributed by atoms with E-state index in [1.165, 1.54) is 0 Å². The van der Waals surface area contributed by atoms with Gasteiger partial charge in [0.05, 0.1) is 13.7 Å². The maximum absolute atomic E-state index is 12.0. The largest absolute Gasteiger partial charge is 0.573 e. The summed E-state index contributed by atoms with van der Waals surface area (Å²) in [7, 11) is 1.12. The highest BCUT2D eigenvalue weighted by Gasteiger charge is 2.34. The molecule has 0 unspecified atom stereocenters. The molecule has 0 saturated heterocycles. The molecular weight excluding hydrogens is 231 g/mol. The number of halogens is 3. The van der Waals surface area contributed by atoms with Gasteiger partial charge >= 0.3 is 6.36 Å². The van der Waals surface area contributed by atoms with E-state index >= 15 is 0 Å². The van der Waals surface area contributed by atoms with Crippen molar-refractivity contribution in [2.24, 2.45) is 0 Å². The maximum atomic E-state index is 12.0. The summed E-state index contributed by atoms with van der Waals surface area (Å²) in [5.74, 6) is -2.25. The van der Waals surface area contributed by atoms with Crippen molar-refractivity contribution in [2.45, 2.75) is 13.0 Å². The molecule has 5 nitrogen and oxygen atoms in total. The lowest BCUT2D eigenvalue weighted by molar-refractivity contribution is -0.275. The van der Waals surface area contributed by atoms with Crippen molar-refractivity contribution in [2.75, 3.05) is 7.11 Å². The number of aliphatic hydroxyl groups is 1. The van der Waals surface area contributed by atoms with Crippen molar-refractivity contribution >= 4 is 0 Å². The summed E-state index contributed by atoms with van der Waals surface area (Å²) < 4.78 is 44.1. The standard InChI is InChI=1S/C8H8F3NO4/c1-15-7-5(14)6(16-8(9,10)11)4(3-13)2-12-7/h2,13-14H,3H2,1H3. The van der Waals surface area contributed by atoms with E-state index in [0.717, 1.165) is 13.3 Å². The van der Waals surface area contributed by atoms with E-state index in [-0.39, 0.29) is 5.56 Å². The van der Waals surface area contributed by atoms with Crippen LogP contribution in [0.3, 0.4) is 0 Å². The van der Waals surface area contributed by atoms with Crippen molar-refractivity contribution in [3.8, 4) is 17.4 Å². The van der Waals surface area contributed by atoms with Gasteiger partial charge in [0, 0.05) is 11.8 Å². The first-order valence-corrected chi connectivity index (χ1v) is 4.00. The second kappa shape index (κ2) is 4.44. The van der Waals surface area contributed by atoms with Gasteiger partial charge in [-0.15, -0.1) is 13.2 Å². The molecular formula is C8H8F3NO4. The number of pyridine rings is 1. The molecule has 0 aromatic carbocycles. The van der Waals surface area contributed by atoms with E-state index in [9.17, 15) is 18.3 Å². The SMILES string of the molecule is COc1ncc(CO)c(OC(F)(F)F)c1O. The molecule has 1 heterocycles. The number of rotatable bonds is 3. The first kappa shape index (κ1) is 12.4. The van der Waals surface area contributed by atoms with Crippen LogP contribution < -0.4 is 9.47 Å². The average Bonchev–Trinajstić information content (AvgIpc) is 2.19. The van der Waals surface area contributed by atoms with Gasteiger partial charge in [-0.1, -0.05) is 0 Å². The summed E-state index contributed by atoms with van der Waals surface area (Å²) in [6, 6.07) is 0. The first-order chi connectivity index (χ1) is 7.39. The van der Waals surface area contributed by atoms with Crippen LogP contribution in [0.1, 0.15) is 5.56 Å². The number of ether oxygens (including phenoxy) is 2. The van der Waals surface area contributed by atoms with Crippen molar-refractivity contribution in [3.63, 3.8) is 0 Å². The predicted octanol–water partition coefficient (Wildman–Crippen LogP) is 1.19. The van der Waals surface area contributed by atoms with Crippen LogP contribution in [-0.4, -0.2) is 28.7 Å². The fourth-order valence-electron chi connectivity index (χ4n) is 0.997. The van der Waals surface area contributed by atoms with Gasteiger partial charge in [0.15, 0.2) is 5.75 Å². The number of methoxy groups -OCH3 is 1. The summed E-state index contributed by atoms with van der Waals surface area (Å²) in [5, 5.41) is 18.1. The summed E-state index contributed by atoms with van der Waals surface area (Å²) in [5.41, 5.74) is -0.296. The van der Waals surface area contributed by atoms with Gasteiger partial charge in [-0.25, -0.2) is 4.98 Å². The lowest BCUT2D eigenvalue weighted by Gasteiger charge is -2.14. The minimum absolute atomic E-state index is 0.296. The van der Waals surface area contributed by atoms with E-state index in [0.29, 0.717) is 0 Å². The van der Waals surface area contributed by atoms with Gasteiger partial charge in [0.25, 0.3) is 5.88 Å². The molecule has 0 aliphatic rings. The van der Waals surface area contributed by atoms with E-state index < -0.39 is 30.3 Å². The highest BCUT2D eigenvalue weighted by atomic mass is 19.4. The quantitative estimate of drug-likeness (QED) is 0.828. The Morgan fingerprint density at radius 3 is 2.50 bits per heavy atom. The number of aromatic hydroxyl groups is 1. The molecule has 0 amide bonds. The van der Waals surface area contributed by atoms with Gasteiger partial charge in [-0.3, -0.25) is 0 Å². The van der Waals surface area contributed by atoms with Crippen LogP contribution in [-0.2, 0) is 6.61 Å². The normalized spacial score (nSPS) is 11.3. The van der Waals surface area contributed by atoms with Gasteiger partial charge in [0.1, 0.15) is 0 Å². The number of aromatic nitrogens is 1. The molecule has 0 aliphatic heterocycles. The molecule has 0 atom stereocenters. The molecule has 0 spiro atoms. The van der Waals surface area contributed by atoms with Crippen molar-refractivity contribution in [3.05, 3.63) is 11.8 Å². The van der Waals surface area contributed by atoms with E-state index in [1.807, 2.05) is 0 Å². The Bertz CT molecular complexity index is 380. The highest BCUT2D eigenvalue weighted by Crippen LogP contribution is 2.39. The zero-order chi connectivity index (χ0) is 12.3. The number of hydrogen-bond donors (Lipinski definition) is 2. The summed E-state index contributed by atoms with van der Waals surface area (Å²) in [6.07, 6.45) is -4.06. The lowest BCUT2D eigenvalue weighted by atomic mass is 10.2. The topological polar surface area (TPSA) is 71.8 Å². The Morgan fingerprint density at radius 1 is 1.44 bits per heavy atom. The molecule has 0 fully saturated rings. The third kappa shape index (κ3) is 2.66. The van der Waals surface area contributed by atoms with Crippen molar-refractivity contribution in [1.82, 2.24) is 4.98 Å². The van der Waals surface area contributed by atoms with E-state index in [2.05, 4.69) is 14.5 Å². The van der Waals surface area contributed by atoms with Crippen LogP contribution in [0.25, 0.3) is 0 Å². The zero-order valence-electron chi connectivity index (χ0n) is 8.08.